The van der Waals surface area contributed by atoms with Gasteiger partial charge in [-0.05, 0) is 30.7 Å². The van der Waals surface area contributed by atoms with Crippen molar-refractivity contribution in [3.63, 3.8) is 0 Å². The Morgan fingerprint density at radius 2 is 2.10 bits per heavy atom. The molecule has 0 atom stereocenters. The molecule has 0 saturated carbocycles. The lowest BCUT2D eigenvalue weighted by Crippen LogP contribution is -2.18. The van der Waals surface area contributed by atoms with Crippen LogP contribution in [0.5, 0.6) is 5.75 Å². The molecule has 1 aromatic heterocycles. The number of para-hydroxylation sites is 1. The molecule has 106 valence electrons. The van der Waals surface area contributed by atoms with Crippen LogP contribution in [-0.4, -0.2) is 24.7 Å². The third-order valence-corrected chi connectivity index (χ3v) is 3.02. The molecule has 5 nitrogen and oxygen atoms in total. The number of carboxylic acid groups (broad SMARTS) is 1. The maximum Gasteiger partial charge on any atom is 0.372 e. The van der Waals surface area contributed by atoms with Crippen LogP contribution < -0.4 is 10.1 Å². The Labute approximate surface area is 117 Å². The van der Waals surface area contributed by atoms with E-state index in [1.54, 1.807) is 13.2 Å². The quantitative estimate of drug-likeness (QED) is 0.759. The van der Waals surface area contributed by atoms with Crippen molar-refractivity contribution in [2.75, 3.05) is 13.7 Å². The normalized spacial score (nSPS) is 10.4. The van der Waals surface area contributed by atoms with Gasteiger partial charge in [0.05, 0.1) is 13.4 Å². The maximum atomic E-state index is 10.9. The molecule has 0 aliphatic rings. The lowest BCUT2D eigenvalue weighted by atomic mass is 10.1. The summed E-state index contributed by atoms with van der Waals surface area (Å²) in [6.45, 7) is 1.19. The second kappa shape index (κ2) is 6.77. The minimum absolute atomic E-state index is 0.00482. The number of rotatable bonds is 7. The molecule has 0 unspecified atom stereocenters. The van der Waals surface area contributed by atoms with E-state index in [2.05, 4.69) is 5.32 Å². The smallest absolute Gasteiger partial charge is 0.372 e. The van der Waals surface area contributed by atoms with Crippen LogP contribution in [0.3, 0.4) is 0 Å². The number of ether oxygens (including phenoxy) is 1. The van der Waals surface area contributed by atoms with Crippen molar-refractivity contribution >= 4 is 5.97 Å². The highest BCUT2D eigenvalue weighted by Gasteiger charge is 2.13. The fraction of sp³-hybridized carbons (Fsp3) is 0.267. The zero-order valence-corrected chi connectivity index (χ0v) is 11.3. The number of hydrogen-bond donors (Lipinski definition) is 2. The Hall–Kier alpha value is -2.27. The average molecular weight is 275 g/mol. The van der Waals surface area contributed by atoms with Crippen LogP contribution in [0, 0.1) is 0 Å². The molecule has 0 amide bonds. The van der Waals surface area contributed by atoms with Crippen LogP contribution >= 0.6 is 0 Å². The fourth-order valence-electron chi connectivity index (χ4n) is 2.02. The summed E-state index contributed by atoms with van der Waals surface area (Å²) in [6, 6.07) is 9.51. The molecule has 0 saturated heterocycles. The van der Waals surface area contributed by atoms with Gasteiger partial charge in [-0.25, -0.2) is 4.79 Å². The van der Waals surface area contributed by atoms with Crippen LogP contribution in [0.25, 0.3) is 0 Å². The van der Waals surface area contributed by atoms with Crippen LogP contribution in [0.15, 0.2) is 41.0 Å². The van der Waals surface area contributed by atoms with Gasteiger partial charge in [0.2, 0.25) is 5.76 Å². The number of furan rings is 1. The minimum Gasteiger partial charge on any atom is -0.496 e. The Kier molecular flexibility index (Phi) is 4.79. The van der Waals surface area contributed by atoms with E-state index in [0.29, 0.717) is 12.1 Å². The molecule has 0 bridgehead atoms. The number of hydrogen-bond acceptors (Lipinski definition) is 4. The third kappa shape index (κ3) is 3.39. The van der Waals surface area contributed by atoms with Crippen molar-refractivity contribution < 1.29 is 19.1 Å². The van der Waals surface area contributed by atoms with Crippen LogP contribution in [0.2, 0.25) is 0 Å². The molecular formula is C15H17NO4. The zero-order chi connectivity index (χ0) is 14.4. The lowest BCUT2D eigenvalue weighted by molar-refractivity contribution is 0.0660. The van der Waals surface area contributed by atoms with Crippen LogP contribution in [0.4, 0.5) is 0 Å². The summed E-state index contributed by atoms with van der Waals surface area (Å²) in [4.78, 5) is 10.9. The van der Waals surface area contributed by atoms with E-state index in [4.69, 9.17) is 14.3 Å². The van der Waals surface area contributed by atoms with Gasteiger partial charge in [-0.2, -0.15) is 0 Å². The largest absolute Gasteiger partial charge is 0.496 e. The highest BCUT2D eigenvalue weighted by molar-refractivity contribution is 5.86. The first-order valence-electron chi connectivity index (χ1n) is 6.34. The Bertz CT molecular complexity index is 577. The molecule has 5 heteroatoms. The molecule has 1 heterocycles. The van der Waals surface area contributed by atoms with Gasteiger partial charge in [-0.15, -0.1) is 0 Å². The molecule has 0 spiro atoms. The SMILES string of the molecule is COc1ccccc1CCNCc1ccoc1C(=O)O. The molecule has 2 aromatic rings. The predicted octanol–water partition coefficient (Wildman–Crippen LogP) is 2.32. The molecule has 1 aromatic carbocycles. The van der Waals surface area contributed by atoms with Crippen molar-refractivity contribution in [3.8, 4) is 5.75 Å². The Balaban J connectivity index is 1.85. The standard InChI is InChI=1S/C15H17NO4/c1-19-13-5-3-2-4-11(13)6-8-16-10-12-7-9-20-14(12)15(17)18/h2-5,7,9,16H,6,8,10H2,1H3,(H,17,18). The number of carboxylic acids is 1. The zero-order valence-electron chi connectivity index (χ0n) is 11.3. The van der Waals surface area contributed by atoms with Crippen molar-refractivity contribution in [1.82, 2.24) is 5.32 Å². The fourth-order valence-corrected chi connectivity index (χ4v) is 2.02. The molecular weight excluding hydrogens is 258 g/mol. The summed E-state index contributed by atoms with van der Waals surface area (Å²) in [5.41, 5.74) is 1.77. The molecule has 0 fully saturated rings. The number of nitrogens with one attached hydrogen (secondary N) is 1. The topological polar surface area (TPSA) is 71.7 Å². The number of benzene rings is 1. The first-order valence-corrected chi connectivity index (χ1v) is 6.34. The number of aromatic carboxylic acids is 1. The summed E-state index contributed by atoms with van der Waals surface area (Å²) in [5.74, 6) is -0.185. The van der Waals surface area contributed by atoms with Crippen LogP contribution in [-0.2, 0) is 13.0 Å². The highest BCUT2D eigenvalue weighted by Crippen LogP contribution is 2.17. The monoisotopic (exact) mass is 275 g/mol. The summed E-state index contributed by atoms with van der Waals surface area (Å²) >= 11 is 0. The van der Waals surface area contributed by atoms with Crippen molar-refractivity contribution in [2.45, 2.75) is 13.0 Å². The first-order chi connectivity index (χ1) is 9.72. The number of carbonyl (C=O) groups is 1. The second-order valence-corrected chi connectivity index (χ2v) is 4.32. The van der Waals surface area contributed by atoms with Gasteiger partial charge in [-0.1, -0.05) is 18.2 Å². The summed E-state index contributed by atoms with van der Waals surface area (Å²) in [6.07, 6.45) is 2.20. The van der Waals surface area contributed by atoms with Crippen molar-refractivity contribution in [1.29, 1.82) is 0 Å². The maximum absolute atomic E-state index is 10.9. The molecule has 20 heavy (non-hydrogen) atoms. The second-order valence-electron chi connectivity index (χ2n) is 4.32. The van der Waals surface area contributed by atoms with E-state index in [-0.39, 0.29) is 5.76 Å². The van der Waals surface area contributed by atoms with Gasteiger partial charge < -0.3 is 19.6 Å². The van der Waals surface area contributed by atoms with Gasteiger partial charge in [0.15, 0.2) is 0 Å². The lowest BCUT2D eigenvalue weighted by Gasteiger charge is -2.08. The Morgan fingerprint density at radius 1 is 1.30 bits per heavy atom. The molecule has 2 N–H and O–H groups in total. The van der Waals surface area contributed by atoms with Crippen LogP contribution in [0.1, 0.15) is 21.7 Å². The Morgan fingerprint density at radius 3 is 2.85 bits per heavy atom. The van der Waals surface area contributed by atoms with E-state index < -0.39 is 5.97 Å². The molecule has 0 radical (unpaired) electrons. The van der Waals surface area contributed by atoms with Gasteiger partial charge >= 0.3 is 5.97 Å². The summed E-state index contributed by atoms with van der Waals surface area (Å²) in [7, 11) is 1.65. The van der Waals surface area contributed by atoms with Gasteiger partial charge in [-0.3, -0.25) is 0 Å². The third-order valence-electron chi connectivity index (χ3n) is 3.02. The van der Waals surface area contributed by atoms with E-state index in [1.807, 2.05) is 24.3 Å². The van der Waals surface area contributed by atoms with E-state index >= 15 is 0 Å². The highest BCUT2D eigenvalue weighted by atomic mass is 16.5. The molecule has 0 aliphatic heterocycles. The molecule has 2 rings (SSSR count). The van der Waals surface area contributed by atoms with E-state index in [1.165, 1.54) is 6.26 Å². The van der Waals surface area contributed by atoms with Gasteiger partial charge in [0.1, 0.15) is 5.75 Å². The summed E-state index contributed by atoms with van der Waals surface area (Å²) < 4.78 is 10.2. The van der Waals surface area contributed by atoms with Crippen molar-refractivity contribution in [3.05, 3.63) is 53.5 Å². The van der Waals surface area contributed by atoms with Gasteiger partial charge in [0, 0.05) is 12.1 Å². The van der Waals surface area contributed by atoms with E-state index in [0.717, 1.165) is 24.3 Å². The van der Waals surface area contributed by atoms with E-state index in [9.17, 15) is 4.79 Å². The minimum atomic E-state index is -1.04. The molecule has 0 aliphatic carbocycles. The predicted molar refractivity (Wildman–Crippen MR) is 74.1 cm³/mol. The number of methoxy groups -OCH3 is 1. The first kappa shape index (κ1) is 14.1. The van der Waals surface area contributed by atoms with Crippen molar-refractivity contribution in [2.24, 2.45) is 0 Å². The summed E-state index contributed by atoms with van der Waals surface area (Å²) in [5, 5.41) is 12.1. The van der Waals surface area contributed by atoms with Gasteiger partial charge in [0.25, 0.3) is 0 Å². The average Bonchev–Trinajstić information content (AvgIpc) is 2.92.